The molecule has 3 atom stereocenters. The summed E-state index contributed by atoms with van der Waals surface area (Å²) in [4.78, 5) is 52.7. The maximum absolute atomic E-state index is 14.2. The second-order valence-electron chi connectivity index (χ2n) is 13.6. The topological polar surface area (TPSA) is 138 Å². The Balaban J connectivity index is 1.88. The summed E-state index contributed by atoms with van der Waals surface area (Å²) < 4.78 is 5.38. The van der Waals surface area contributed by atoms with Crippen molar-refractivity contribution in [2.45, 2.75) is 93.1 Å². The zero-order valence-corrected chi connectivity index (χ0v) is 24.7. The fraction of sp³-hybridized carbons (Fsp3) is 0.562. The van der Waals surface area contributed by atoms with Crippen LogP contribution in [-0.2, 0) is 38.4 Å². The summed E-state index contributed by atoms with van der Waals surface area (Å²) in [5.41, 5.74) is -2.96. The number of Topliss-reactive ketones (excluding diaryl/α,β-unsaturated/α-hetero) is 3. The first-order valence-corrected chi connectivity index (χ1v) is 13.8. The number of phenols is 1. The SMILES string of the molecule is CCc1cc(CC(=O)OCC(C)(C)C)c(O)c2c1C[C@]1(C)C[C@]3(C)CC(C)=C(C(C)=O)C(=O)[C@]3(O)C(O)=C1C2=O. The summed E-state index contributed by atoms with van der Waals surface area (Å²) in [6.07, 6.45) is 0.954. The molecule has 3 aliphatic rings. The van der Waals surface area contributed by atoms with Gasteiger partial charge in [0.15, 0.2) is 17.2 Å². The van der Waals surface area contributed by atoms with Gasteiger partial charge in [-0.3, -0.25) is 19.2 Å². The Morgan fingerprint density at radius 2 is 1.70 bits per heavy atom. The number of allylic oxidation sites excluding steroid dienone is 2. The highest BCUT2D eigenvalue weighted by molar-refractivity contribution is 6.25. The van der Waals surface area contributed by atoms with Gasteiger partial charge in [-0.15, -0.1) is 0 Å². The number of ether oxygens (including phenoxy) is 1. The van der Waals surface area contributed by atoms with E-state index in [0.717, 1.165) is 5.56 Å². The number of carbonyl (C=O) groups is 4. The van der Waals surface area contributed by atoms with Crippen LogP contribution in [0, 0.1) is 16.2 Å². The lowest BCUT2D eigenvalue weighted by atomic mass is 9.48. The van der Waals surface area contributed by atoms with E-state index >= 15 is 0 Å². The summed E-state index contributed by atoms with van der Waals surface area (Å²) >= 11 is 0. The van der Waals surface area contributed by atoms with Crippen molar-refractivity contribution in [3.8, 4) is 5.75 Å². The van der Waals surface area contributed by atoms with E-state index in [9.17, 15) is 34.5 Å². The number of aromatic hydroxyl groups is 1. The number of hydrogen-bond acceptors (Lipinski definition) is 8. The minimum absolute atomic E-state index is 0.0361. The van der Waals surface area contributed by atoms with Crippen molar-refractivity contribution in [2.75, 3.05) is 6.61 Å². The fourth-order valence-electron chi connectivity index (χ4n) is 7.19. The highest BCUT2D eigenvalue weighted by atomic mass is 16.5. The normalized spacial score (nSPS) is 28.2. The third kappa shape index (κ3) is 4.31. The molecule has 0 unspecified atom stereocenters. The molecule has 8 heteroatoms. The predicted molar refractivity (Wildman–Crippen MR) is 148 cm³/mol. The third-order valence-corrected chi connectivity index (χ3v) is 8.81. The minimum atomic E-state index is -2.47. The summed E-state index contributed by atoms with van der Waals surface area (Å²) in [5.74, 6) is -3.80. The molecule has 1 aromatic carbocycles. The average Bonchev–Trinajstić information content (AvgIpc) is 2.81. The van der Waals surface area contributed by atoms with Crippen LogP contribution in [-0.4, -0.2) is 50.8 Å². The summed E-state index contributed by atoms with van der Waals surface area (Å²) in [6, 6.07) is 1.73. The van der Waals surface area contributed by atoms with Gasteiger partial charge in [-0.2, -0.15) is 0 Å². The number of phenolic OH excluding ortho intramolecular Hbond substituents is 1. The molecule has 0 bridgehead atoms. The van der Waals surface area contributed by atoms with Crippen LogP contribution < -0.4 is 0 Å². The molecule has 0 fully saturated rings. The van der Waals surface area contributed by atoms with Gasteiger partial charge in [-0.1, -0.05) is 53.2 Å². The molecule has 0 aromatic heterocycles. The molecule has 4 rings (SSSR count). The standard InChI is InChI=1S/C32H40O8/c1-9-18-10-19(11-21(34)40-15-29(4,5)6)25(35)23-20(18)13-30(7)14-31(8)12-16(2)22(17(3)33)27(37)32(31,39)28(38)24(30)26(23)36/h10,35,38-39H,9,11-15H2,1-8H3/t30-,31+,32+/m1/s1. The highest BCUT2D eigenvalue weighted by Gasteiger charge is 2.67. The Morgan fingerprint density at radius 3 is 2.25 bits per heavy atom. The van der Waals surface area contributed by atoms with Gasteiger partial charge >= 0.3 is 5.97 Å². The van der Waals surface area contributed by atoms with Gasteiger partial charge in [-0.05, 0) is 56.1 Å². The number of rotatable bonds is 5. The van der Waals surface area contributed by atoms with Crippen LogP contribution in [0.4, 0.5) is 0 Å². The summed E-state index contributed by atoms with van der Waals surface area (Å²) in [5, 5.41) is 34.8. The van der Waals surface area contributed by atoms with Crippen molar-refractivity contribution in [2.24, 2.45) is 16.2 Å². The quantitative estimate of drug-likeness (QED) is 0.354. The van der Waals surface area contributed by atoms with Crippen LogP contribution in [0.15, 0.2) is 28.5 Å². The monoisotopic (exact) mass is 552 g/mol. The number of esters is 1. The van der Waals surface area contributed by atoms with Crippen LogP contribution in [0.25, 0.3) is 0 Å². The molecule has 0 spiro atoms. The predicted octanol–water partition coefficient (Wildman–Crippen LogP) is 4.66. The molecule has 0 heterocycles. The second kappa shape index (κ2) is 9.40. The van der Waals surface area contributed by atoms with Crippen LogP contribution in [0.1, 0.15) is 95.3 Å². The summed E-state index contributed by atoms with van der Waals surface area (Å²) in [7, 11) is 0. The van der Waals surface area contributed by atoms with Gasteiger partial charge in [0.2, 0.25) is 5.78 Å². The van der Waals surface area contributed by atoms with E-state index in [1.54, 1.807) is 19.9 Å². The van der Waals surface area contributed by atoms with E-state index in [1.165, 1.54) is 6.92 Å². The van der Waals surface area contributed by atoms with Gasteiger partial charge in [0, 0.05) is 22.0 Å². The van der Waals surface area contributed by atoms with Gasteiger partial charge in [0.1, 0.15) is 11.5 Å². The lowest BCUT2D eigenvalue weighted by Gasteiger charge is -2.56. The number of aliphatic hydroxyl groups excluding tert-OH is 1. The minimum Gasteiger partial charge on any atom is -0.508 e. The van der Waals surface area contributed by atoms with Crippen LogP contribution in [0.2, 0.25) is 0 Å². The van der Waals surface area contributed by atoms with Crippen molar-refractivity contribution in [1.82, 2.24) is 0 Å². The lowest BCUT2D eigenvalue weighted by Crippen LogP contribution is -2.63. The Hall–Kier alpha value is -3.26. The second-order valence-corrected chi connectivity index (χ2v) is 13.6. The molecule has 0 saturated heterocycles. The van der Waals surface area contributed by atoms with Gasteiger partial charge in [0.05, 0.1) is 24.2 Å². The molecule has 0 aliphatic heterocycles. The van der Waals surface area contributed by atoms with E-state index in [4.69, 9.17) is 4.74 Å². The Morgan fingerprint density at radius 1 is 1.07 bits per heavy atom. The molecular weight excluding hydrogens is 512 g/mol. The van der Waals surface area contributed by atoms with E-state index in [0.29, 0.717) is 17.6 Å². The van der Waals surface area contributed by atoms with Crippen molar-refractivity contribution in [3.05, 3.63) is 50.8 Å². The van der Waals surface area contributed by atoms with Crippen molar-refractivity contribution in [3.63, 3.8) is 0 Å². The molecular formula is C32H40O8. The number of hydrogen-bond donors (Lipinski definition) is 3. The Bertz CT molecular complexity index is 1420. The van der Waals surface area contributed by atoms with Crippen molar-refractivity contribution < 1.29 is 39.2 Å². The smallest absolute Gasteiger partial charge is 0.310 e. The zero-order valence-electron chi connectivity index (χ0n) is 24.7. The fourth-order valence-corrected chi connectivity index (χ4v) is 7.19. The summed E-state index contributed by atoms with van der Waals surface area (Å²) in [6.45, 7) is 14.3. The largest absolute Gasteiger partial charge is 0.508 e. The maximum Gasteiger partial charge on any atom is 0.310 e. The van der Waals surface area contributed by atoms with Crippen LogP contribution in [0.3, 0.4) is 0 Å². The van der Waals surface area contributed by atoms with E-state index in [1.807, 2.05) is 34.6 Å². The molecule has 3 aliphatic carbocycles. The van der Waals surface area contributed by atoms with Gasteiger partial charge < -0.3 is 20.1 Å². The number of benzene rings is 1. The Kier molecular flexibility index (Phi) is 6.98. The van der Waals surface area contributed by atoms with Crippen LogP contribution >= 0.6 is 0 Å². The van der Waals surface area contributed by atoms with Gasteiger partial charge in [-0.25, -0.2) is 0 Å². The molecule has 0 saturated carbocycles. The number of fused-ring (bicyclic) bond motifs is 3. The first-order valence-electron chi connectivity index (χ1n) is 13.8. The molecule has 216 valence electrons. The maximum atomic E-state index is 14.2. The van der Waals surface area contributed by atoms with Crippen molar-refractivity contribution in [1.29, 1.82) is 0 Å². The lowest BCUT2D eigenvalue weighted by molar-refractivity contribution is -0.157. The first-order chi connectivity index (χ1) is 18.3. The van der Waals surface area contributed by atoms with Gasteiger partial charge in [0.25, 0.3) is 0 Å². The molecule has 0 amide bonds. The van der Waals surface area contributed by atoms with E-state index < -0.39 is 45.5 Å². The highest BCUT2D eigenvalue weighted by Crippen LogP contribution is 2.62. The molecule has 8 nitrogen and oxygen atoms in total. The molecule has 3 N–H and O–H groups in total. The number of carbonyl (C=O) groups excluding carboxylic acids is 4. The first kappa shape index (κ1) is 29.7. The zero-order chi connectivity index (χ0) is 30.2. The third-order valence-electron chi connectivity index (χ3n) is 8.81. The average molecular weight is 553 g/mol. The number of ketones is 3. The Labute approximate surface area is 235 Å². The molecule has 40 heavy (non-hydrogen) atoms. The van der Waals surface area contributed by atoms with E-state index in [-0.39, 0.29) is 65.7 Å². The van der Waals surface area contributed by atoms with Crippen LogP contribution in [0.5, 0.6) is 5.75 Å². The molecule has 0 radical (unpaired) electrons. The molecule has 1 aromatic rings. The van der Waals surface area contributed by atoms with E-state index in [2.05, 4.69) is 0 Å². The number of aliphatic hydroxyl groups is 2. The number of aryl methyl sites for hydroxylation is 1. The van der Waals surface area contributed by atoms with Crippen molar-refractivity contribution >= 4 is 23.3 Å².